The van der Waals surface area contributed by atoms with Crippen LogP contribution in [0.3, 0.4) is 0 Å². The first-order valence-electron chi connectivity index (χ1n) is 10.6. The number of carbonyl (C=O) groups excluding carboxylic acids is 1. The predicted octanol–water partition coefficient (Wildman–Crippen LogP) is 3.17. The van der Waals surface area contributed by atoms with Crippen LogP contribution in [-0.2, 0) is 31.8 Å². The van der Waals surface area contributed by atoms with Crippen LogP contribution in [0.2, 0.25) is 0 Å². The molecule has 1 aliphatic rings. The third kappa shape index (κ3) is 5.57. The molecule has 0 saturated heterocycles. The smallest absolute Gasteiger partial charge is 0.453 e. The van der Waals surface area contributed by atoms with Gasteiger partial charge in [-0.15, -0.1) is 0 Å². The number of alkyl halides is 4. The molecule has 35 heavy (non-hydrogen) atoms. The lowest BCUT2D eigenvalue weighted by Gasteiger charge is -2.38. The summed E-state index contributed by atoms with van der Waals surface area (Å²) in [5.74, 6) is -5.86. The lowest BCUT2D eigenvalue weighted by Crippen LogP contribution is -2.49. The van der Waals surface area contributed by atoms with Gasteiger partial charge in [0.15, 0.2) is 0 Å². The molecular weight excluding hydrogens is 499 g/mol. The van der Waals surface area contributed by atoms with Crippen LogP contribution < -0.4 is 9.62 Å². The van der Waals surface area contributed by atoms with Crippen molar-refractivity contribution in [1.29, 1.82) is 0 Å². The van der Waals surface area contributed by atoms with Crippen molar-refractivity contribution in [3.8, 4) is 0 Å². The van der Waals surface area contributed by atoms with Crippen LogP contribution in [-0.4, -0.2) is 51.4 Å². The fourth-order valence-electron chi connectivity index (χ4n) is 3.79. The Balaban J connectivity index is 2.02. The van der Waals surface area contributed by atoms with Gasteiger partial charge >= 0.3 is 18.0 Å². The van der Waals surface area contributed by atoms with Crippen molar-refractivity contribution in [2.24, 2.45) is 0 Å². The maximum absolute atomic E-state index is 14.1. The van der Waals surface area contributed by atoms with E-state index < -0.39 is 45.4 Å². The molecule has 2 aromatic rings. The number of carbonyl (C=O) groups is 1. The van der Waals surface area contributed by atoms with Crippen LogP contribution in [0, 0.1) is 5.82 Å². The van der Waals surface area contributed by atoms with Crippen molar-refractivity contribution < 1.29 is 45.0 Å². The first-order chi connectivity index (χ1) is 16.3. The number of aryl methyl sites for hydroxylation is 1. The fourth-order valence-corrected chi connectivity index (χ4v) is 5.51. The number of fused-ring (bicyclic) bond motifs is 1. The first-order valence-corrected chi connectivity index (χ1v) is 12.0. The van der Waals surface area contributed by atoms with E-state index in [4.69, 9.17) is 4.74 Å². The average Bonchev–Trinajstić information content (AvgIpc) is 2.78. The predicted molar refractivity (Wildman–Crippen MR) is 115 cm³/mol. The SMILES string of the molecule is CCOC(=O)CNC[C@@H]1CCc2cc(C(O)(F)C(F)(F)F)ccc2N1S(=O)(=O)c1ccc(F)cc1. The Morgan fingerprint density at radius 1 is 1.17 bits per heavy atom. The van der Waals surface area contributed by atoms with Gasteiger partial charge in [-0.2, -0.15) is 17.6 Å². The number of aliphatic hydroxyl groups is 1. The number of nitrogens with one attached hydrogen (secondary N) is 1. The minimum absolute atomic E-state index is 0.0178. The molecule has 2 atom stereocenters. The summed E-state index contributed by atoms with van der Waals surface area (Å²) in [7, 11) is -4.35. The lowest BCUT2D eigenvalue weighted by atomic mass is 9.94. The standard InChI is InChI=1S/C22H23F5N2O5S/c1-2-34-20(30)13-28-12-17-7-3-14-11-15(21(24,31)22(25,26)27)4-10-19(14)29(17)35(32,33)18-8-5-16(23)6-9-18/h4-6,8-11,17,28,31H,2-3,7,12-13H2,1H3/t17-,21?/m0/s1. The van der Waals surface area contributed by atoms with Crippen LogP contribution in [0.4, 0.5) is 27.6 Å². The largest absolute Gasteiger partial charge is 0.465 e. The van der Waals surface area contributed by atoms with Gasteiger partial charge in [0.2, 0.25) is 0 Å². The number of ether oxygens (including phenoxy) is 1. The van der Waals surface area contributed by atoms with Crippen molar-refractivity contribution >= 4 is 21.7 Å². The van der Waals surface area contributed by atoms with Crippen molar-refractivity contribution in [2.75, 3.05) is 24.0 Å². The van der Waals surface area contributed by atoms with Crippen LogP contribution in [0.5, 0.6) is 0 Å². The Hall–Kier alpha value is -2.77. The van der Waals surface area contributed by atoms with Gasteiger partial charge in [0.25, 0.3) is 10.0 Å². The number of halogens is 5. The first kappa shape index (κ1) is 26.8. The van der Waals surface area contributed by atoms with Crippen LogP contribution >= 0.6 is 0 Å². The quantitative estimate of drug-likeness (QED) is 0.409. The Kier molecular flexibility index (Phi) is 7.72. The summed E-state index contributed by atoms with van der Waals surface area (Å²) in [5.41, 5.74) is -1.04. The molecule has 0 amide bonds. The minimum Gasteiger partial charge on any atom is -0.465 e. The Labute approximate surface area is 198 Å². The molecule has 13 heteroatoms. The maximum Gasteiger partial charge on any atom is 0.453 e. The fraction of sp³-hybridized carbons (Fsp3) is 0.409. The number of hydrogen-bond donors (Lipinski definition) is 2. The highest BCUT2D eigenvalue weighted by Gasteiger charge is 2.56. The Morgan fingerprint density at radius 3 is 2.43 bits per heavy atom. The number of hydrogen-bond acceptors (Lipinski definition) is 6. The number of nitrogens with zero attached hydrogens (tertiary/aromatic N) is 1. The van der Waals surface area contributed by atoms with E-state index in [0.29, 0.717) is 6.07 Å². The zero-order valence-electron chi connectivity index (χ0n) is 18.5. The average molecular weight is 522 g/mol. The van der Waals surface area contributed by atoms with E-state index >= 15 is 0 Å². The number of sulfonamides is 1. The molecule has 0 bridgehead atoms. The van der Waals surface area contributed by atoms with E-state index in [2.05, 4.69) is 5.32 Å². The summed E-state index contributed by atoms with van der Waals surface area (Å²) >= 11 is 0. The zero-order chi connectivity index (χ0) is 26.0. The van der Waals surface area contributed by atoms with Gasteiger partial charge in [0, 0.05) is 12.1 Å². The summed E-state index contributed by atoms with van der Waals surface area (Å²) in [6.07, 6.45) is -5.43. The van der Waals surface area contributed by atoms with E-state index in [0.717, 1.165) is 40.7 Å². The van der Waals surface area contributed by atoms with Crippen molar-refractivity contribution in [2.45, 2.75) is 42.7 Å². The molecule has 3 rings (SSSR count). The molecule has 0 aliphatic carbocycles. The van der Waals surface area contributed by atoms with Crippen molar-refractivity contribution in [3.05, 3.63) is 59.4 Å². The summed E-state index contributed by atoms with van der Waals surface area (Å²) in [6.45, 7) is 1.55. The molecular formula is C22H23F5N2O5S. The third-order valence-corrected chi connectivity index (χ3v) is 7.36. The highest BCUT2D eigenvalue weighted by atomic mass is 32.2. The van der Waals surface area contributed by atoms with E-state index in [9.17, 15) is 40.3 Å². The maximum atomic E-state index is 14.1. The number of benzene rings is 2. The third-order valence-electron chi connectivity index (χ3n) is 5.48. The molecule has 2 N–H and O–H groups in total. The molecule has 192 valence electrons. The second-order valence-electron chi connectivity index (χ2n) is 7.85. The van der Waals surface area contributed by atoms with Gasteiger partial charge in [0.1, 0.15) is 5.82 Å². The van der Waals surface area contributed by atoms with Crippen molar-refractivity contribution in [3.63, 3.8) is 0 Å². The van der Waals surface area contributed by atoms with Gasteiger partial charge in [-0.3, -0.25) is 9.10 Å². The summed E-state index contributed by atoms with van der Waals surface area (Å²) in [6, 6.07) is 5.61. The van der Waals surface area contributed by atoms with Gasteiger partial charge in [-0.25, -0.2) is 12.8 Å². The number of anilines is 1. The van der Waals surface area contributed by atoms with E-state index in [1.165, 1.54) is 0 Å². The minimum atomic E-state index is -5.60. The summed E-state index contributed by atoms with van der Waals surface area (Å²) in [4.78, 5) is 11.3. The molecule has 0 spiro atoms. The van der Waals surface area contributed by atoms with Crippen molar-refractivity contribution in [1.82, 2.24) is 5.32 Å². The van der Waals surface area contributed by atoms with Gasteiger partial charge in [-0.1, -0.05) is 6.07 Å². The molecule has 1 unspecified atom stereocenters. The molecule has 0 radical (unpaired) electrons. The van der Waals surface area contributed by atoms with E-state index in [1.807, 2.05) is 0 Å². The van der Waals surface area contributed by atoms with Gasteiger partial charge < -0.3 is 15.2 Å². The molecule has 2 aromatic carbocycles. The van der Waals surface area contributed by atoms with Crippen LogP contribution in [0.1, 0.15) is 24.5 Å². The highest BCUT2D eigenvalue weighted by Crippen LogP contribution is 2.43. The number of esters is 1. The summed E-state index contributed by atoms with van der Waals surface area (Å²) in [5, 5.41) is 12.2. The molecule has 0 fully saturated rings. The molecule has 1 aliphatic heterocycles. The lowest BCUT2D eigenvalue weighted by molar-refractivity contribution is -0.323. The highest BCUT2D eigenvalue weighted by molar-refractivity contribution is 7.92. The van der Waals surface area contributed by atoms with E-state index in [1.54, 1.807) is 6.92 Å². The second kappa shape index (κ2) is 10.1. The Morgan fingerprint density at radius 2 is 1.83 bits per heavy atom. The van der Waals surface area contributed by atoms with E-state index in [-0.39, 0.29) is 48.7 Å². The number of rotatable bonds is 8. The van der Waals surface area contributed by atoms with Gasteiger partial charge in [0.05, 0.1) is 29.8 Å². The molecule has 1 heterocycles. The zero-order valence-corrected chi connectivity index (χ0v) is 19.3. The van der Waals surface area contributed by atoms with Crippen LogP contribution in [0.15, 0.2) is 47.4 Å². The van der Waals surface area contributed by atoms with Gasteiger partial charge in [-0.05, 0) is 61.7 Å². The second-order valence-corrected chi connectivity index (χ2v) is 9.66. The normalized spacial score (nSPS) is 18.0. The monoisotopic (exact) mass is 522 g/mol. The topological polar surface area (TPSA) is 95.9 Å². The Bertz CT molecular complexity index is 1170. The summed E-state index contributed by atoms with van der Waals surface area (Å²) < 4.78 is 99.2. The molecule has 7 nitrogen and oxygen atoms in total. The molecule has 0 saturated carbocycles. The van der Waals surface area contributed by atoms with Crippen LogP contribution in [0.25, 0.3) is 0 Å². The molecule has 0 aromatic heterocycles.